The lowest BCUT2D eigenvalue weighted by Gasteiger charge is -2.10. The van der Waals surface area contributed by atoms with Gasteiger partial charge in [-0.1, -0.05) is 48.0 Å². The van der Waals surface area contributed by atoms with E-state index in [4.69, 9.17) is 0 Å². The first-order chi connectivity index (χ1) is 15.1. The van der Waals surface area contributed by atoms with E-state index in [2.05, 4.69) is 15.7 Å². The third kappa shape index (κ3) is 5.25. The molecule has 4 aromatic rings. The van der Waals surface area contributed by atoms with E-state index < -0.39 is 0 Å². The minimum Gasteiger partial charge on any atom is -0.356 e. The zero-order chi connectivity index (χ0) is 21.6. The molecule has 0 aliphatic rings. The summed E-state index contributed by atoms with van der Waals surface area (Å²) < 4.78 is 1.18. The Labute approximate surface area is 180 Å². The van der Waals surface area contributed by atoms with Gasteiger partial charge in [-0.05, 0) is 49.4 Å². The topological polar surface area (TPSA) is 76.0 Å². The van der Waals surface area contributed by atoms with Crippen molar-refractivity contribution in [3.63, 3.8) is 0 Å². The quantitative estimate of drug-likeness (QED) is 0.487. The van der Waals surface area contributed by atoms with Crippen LogP contribution in [0.1, 0.15) is 5.56 Å². The van der Waals surface area contributed by atoms with Crippen molar-refractivity contribution < 1.29 is 4.79 Å². The van der Waals surface area contributed by atoms with E-state index in [0.717, 1.165) is 22.5 Å². The van der Waals surface area contributed by atoms with Gasteiger partial charge in [-0.25, -0.2) is 4.68 Å². The van der Waals surface area contributed by atoms with Crippen LogP contribution in [0.5, 0.6) is 0 Å². The van der Waals surface area contributed by atoms with E-state index in [1.165, 1.54) is 10.7 Å². The van der Waals surface area contributed by atoms with E-state index in [1.54, 1.807) is 6.07 Å². The zero-order valence-corrected chi connectivity index (χ0v) is 17.1. The van der Waals surface area contributed by atoms with Crippen LogP contribution in [-0.4, -0.2) is 15.7 Å². The van der Waals surface area contributed by atoms with E-state index in [0.29, 0.717) is 11.4 Å². The van der Waals surface area contributed by atoms with E-state index in [1.807, 2.05) is 85.8 Å². The number of anilines is 3. The lowest BCUT2D eigenvalue weighted by atomic mass is 10.1. The Balaban J connectivity index is 1.42. The van der Waals surface area contributed by atoms with Crippen LogP contribution in [0.15, 0.2) is 95.8 Å². The molecule has 1 heterocycles. The molecule has 0 saturated heterocycles. The summed E-state index contributed by atoms with van der Waals surface area (Å²) in [7, 11) is 0. The number of aryl methyl sites for hydroxylation is 1. The van der Waals surface area contributed by atoms with Crippen molar-refractivity contribution in [3.8, 4) is 11.3 Å². The number of amides is 1. The highest BCUT2D eigenvalue weighted by atomic mass is 16.2. The Bertz CT molecular complexity index is 1230. The zero-order valence-electron chi connectivity index (χ0n) is 17.1. The van der Waals surface area contributed by atoms with Crippen LogP contribution >= 0.6 is 0 Å². The maximum absolute atomic E-state index is 12.5. The van der Waals surface area contributed by atoms with Gasteiger partial charge in [0.15, 0.2) is 0 Å². The molecule has 0 saturated carbocycles. The molecule has 6 nitrogen and oxygen atoms in total. The van der Waals surface area contributed by atoms with Crippen molar-refractivity contribution in [2.75, 3.05) is 10.6 Å². The van der Waals surface area contributed by atoms with Crippen LogP contribution in [0, 0.1) is 6.92 Å². The maximum atomic E-state index is 12.5. The Morgan fingerprint density at radius 1 is 0.806 bits per heavy atom. The van der Waals surface area contributed by atoms with Gasteiger partial charge in [-0.15, -0.1) is 0 Å². The number of benzene rings is 3. The highest BCUT2D eigenvalue weighted by Gasteiger charge is 2.09. The first-order valence-electron chi connectivity index (χ1n) is 9.94. The molecule has 0 atom stereocenters. The second-order valence-electron chi connectivity index (χ2n) is 7.20. The minimum absolute atomic E-state index is 0.164. The molecule has 0 aliphatic carbocycles. The lowest BCUT2D eigenvalue weighted by Crippen LogP contribution is -2.29. The molecule has 1 amide bonds. The number of carbonyl (C=O) groups excluding carboxylic acids is 1. The number of carbonyl (C=O) groups is 1. The van der Waals surface area contributed by atoms with Crippen LogP contribution in [0.2, 0.25) is 0 Å². The molecule has 0 bridgehead atoms. The summed E-state index contributed by atoms with van der Waals surface area (Å²) in [5.74, 6) is -0.320. The van der Waals surface area contributed by atoms with Crippen LogP contribution < -0.4 is 16.2 Å². The molecule has 4 rings (SSSR count). The standard InChI is InChI=1S/C25H22N4O2/c1-18-7-9-19(10-8-18)23-15-16-25(31)29(28-23)17-24(30)27-22-13-11-21(12-14-22)26-20-5-3-2-4-6-20/h2-16,26H,17H2,1H3,(H,27,30). The Kier molecular flexibility index (Phi) is 5.89. The van der Waals surface area contributed by atoms with Crippen molar-refractivity contribution in [2.24, 2.45) is 0 Å². The van der Waals surface area contributed by atoms with E-state index in [-0.39, 0.29) is 18.0 Å². The fraction of sp³-hybridized carbons (Fsp3) is 0.0800. The van der Waals surface area contributed by atoms with Gasteiger partial charge in [0, 0.05) is 28.7 Å². The summed E-state index contributed by atoms with van der Waals surface area (Å²) in [4.78, 5) is 24.7. The average molecular weight is 410 g/mol. The predicted octanol–water partition coefficient (Wildman–Crippen LogP) is 4.60. The first kappa shape index (κ1) is 20.1. The van der Waals surface area contributed by atoms with Crippen molar-refractivity contribution in [1.82, 2.24) is 9.78 Å². The predicted molar refractivity (Wildman–Crippen MR) is 123 cm³/mol. The van der Waals surface area contributed by atoms with Gasteiger partial charge in [0.1, 0.15) is 6.54 Å². The van der Waals surface area contributed by atoms with Gasteiger partial charge in [-0.3, -0.25) is 9.59 Å². The van der Waals surface area contributed by atoms with Gasteiger partial charge in [0.05, 0.1) is 5.69 Å². The third-order valence-electron chi connectivity index (χ3n) is 4.74. The summed E-state index contributed by atoms with van der Waals surface area (Å²) in [6.45, 7) is 1.84. The smallest absolute Gasteiger partial charge is 0.267 e. The fourth-order valence-electron chi connectivity index (χ4n) is 3.10. The Morgan fingerprint density at radius 2 is 1.45 bits per heavy atom. The molecule has 0 fully saturated rings. The molecule has 0 spiro atoms. The van der Waals surface area contributed by atoms with Gasteiger partial charge in [-0.2, -0.15) is 5.10 Å². The fourth-order valence-corrected chi connectivity index (χ4v) is 3.10. The highest BCUT2D eigenvalue weighted by Crippen LogP contribution is 2.19. The Morgan fingerprint density at radius 3 is 2.16 bits per heavy atom. The molecule has 3 aromatic carbocycles. The monoisotopic (exact) mass is 410 g/mol. The lowest BCUT2D eigenvalue weighted by molar-refractivity contribution is -0.117. The molecule has 0 aliphatic heterocycles. The number of hydrogen-bond donors (Lipinski definition) is 2. The number of aromatic nitrogens is 2. The summed E-state index contributed by atoms with van der Waals surface area (Å²) in [5.41, 5.74) is 4.89. The molecule has 6 heteroatoms. The van der Waals surface area contributed by atoms with Gasteiger partial charge in [0.25, 0.3) is 5.56 Å². The third-order valence-corrected chi connectivity index (χ3v) is 4.74. The molecular weight excluding hydrogens is 388 g/mol. The summed E-state index contributed by atoms with van der Waals surface area (Å²) in [6.07, 6.45) is 0. The number of nitrogens with one attached hydrogen (secondary N) is 2. The van der Waals surface area contributed by atoms with Crippen molar-refractivity contribution >= 4 is 23.0 Å². The van der Waals surface area contributed by atoms with Gasteiger partial charge >= 0.3 is 0 Å². The number of nitrogens with zero attached hydrogens (tertiary/aromatic N) is 2. The largest absolute Gasteiger partial charge is 0.356 e. The normalized spacial score (nSPS) is 10.5. The van der Waals surface area contributed by atoms with Crippen molar-refractivity contribution in [1.29, 1.82) is 0 Å². The second-order valence-corrected chi connectivity index (χ2v) is 7.20. The molecule has 0 radical (unpaired) electrons. The average Bonchev–Trinajstić information content (AvgIpc) is 2.78. The molecule has 31 heavy (non-hydrogen) atoms. The summed E-state index contributed by atoms with van der Waals surface area (Å²) in [6, 6.07) is 28.2. The van der Waals surface area contributed by atoms with Crippen LogP contribution in [0.3, 0.4) is 0 Å². The van der Waals surface area contributed by atoms with E-state index >= 15 is 0 Å². The highest BCUT2D eigenvalue weighted by molar-refractivity contribution is 5.90. The number of hydrogen-bond acceptors (Lipinski definition) is 4. The second kappa shape index (κ2) is 9.09. The van der Waals surface area contributed by atoms with Gasteiger partial charge < -0.3 is 10.6 Å². The molecule has 1 aromatic heterocycles. The summed E-state index contributed by atoms with van der Waals surface area (Å²) >= 11 is 0. The van der Waals surface area contributed by atoms with Crippen LogP contribution in [0.25, 0.3) is 11.3 Å². The minimum atomic E-state index is -0.326. The molecule has 0 unspecified atom stereocenters. The van der Waals surface area contributed by atoms with Crippen molar-refractivity contribution in [2.45, 2.75) is 13.5 Å². The van der Waals surface area contributed by atoms with Crippen LogP contribution in [-0.2, 0) is 11.3 Å². The molecule has 2 N–H and O–H groups in total. The molecule has 154 valence electrons. The number of para-hydroxylation sites is 1. The van der Waals surface area contributed by atoms with Crippen LogP contribution in [0.4, 0.5) is 17.1 Å². The first-order valence-corrected chi connectivity index (χ1v) is 9.94. The van der Waals surface area contributed by atoms with Crippen molar-refractivity contribution in [3.05, 3.63) is 107 Å². The number of rotatable bonds is 6. The Hall–Kier alpha value is -4.19. The SMILES string of the molecule is Cc1ccc(-c2ccc(=O)n(CC(=O)Nc3ccc(Nc4ccccc4)cc3)n2)cc1. The van der Waals surface area contributed by atoms with Gasteiger partial charge in [0.2, 0.25) is 5.91 Å². The van der Waals surface area contributed by atoms with E-state index in [9.17, 15) is 9.59 Å². The summed E-state index contributed by atoms with van der Waals surface area (Å²) in [5, 5.41) is 10.4. The maximum Gasteiger partial charge on any atom is 0.267 e. The molecular formula is C25H22N4O2.